The minimum absolute atomic E-state index is 0.355. The summed E-state index contributed by atoms with van der Waals surface area (Å²) in [5.74, 6) is 0.736. The van der Waals surface area contributed by atoms with Gasteiger partial charge in [-0.05, 0) is 37.7 Å². The highest BCUT2D eigenvalue weighted by molar-refractivity contribution is 5.26. The zero-order valence-electron chi connectivity index (χ0n) is 7.31. The largest absolute Gasteiger partial charge is 0.363 e. The standard InChI is InChI=1S/C10H15NO/c1-2-4-9-7(3-1)8-5-6-12-10(8)11-9/h8,10-11H,1-6H2. The highest BCUT2D eigenvalue weighted by Crippen LogP contribution is 2.40. The van der Waals surface area contributed by atoms with Crippen LogP contribution in [-0.4, -0.2) is 12.8 Å². The Balaban J connectivity index is 1.90. The van der Waals surface area contributed by atoms with E-state index in [1.165, 1.54) is 37.8 Å². The maximum atomic E-state index is 5.62. The number of allylic oxidation sites excluding steroid dienone is 1. The lowest BCUT2D eigenvalue weighted by atomic mass is 9.89. The third-order valence-corrected chi connectivity index (χ3v) is 3.37. The van der Waals surface area contributed by atoms with E-state index in [9.17, 15) is 0 Å². The third-order valence-electron chi connectivity index (χ3n) is 3.37. The molecule has 0 aromatic heterocycles. The second-order valence-corrected chi connectivity index (χ2v) is 4.04. The zero-order valence-corrected chi connectivity index (χ0v) is 7.31. The van der Waals surface area contributed by atoms with Crippen LogP contribution in [0.1, 0.15) is 32.1 Å². The lowest BCUT2D eigenvalue weighted by Gasteiger charge is -2.15. The quantitative estimate of drug-likeness (QED) is 0.590. The van der Waals surface area contributed by atoms with Crippen LogP contribution in [0.3, 0.4) is 0 Å². The average Bonchev–Trinajstić information content (AvgIpc) is 2.62. The number of rotatable bonds is 0. The molecule has 1 fully saturated rings. The summed E-state index contributed by atoms with van der Waals surface area (Å²) in [4.78, 5) is 0. The first-order valence-electron chi connectivity index (χ1n) is 5.05. The molecule has 1 aliphatic carbocycles. The SMILES string of the molecule is C1CCC2=C(C1)NC1OCCC21. The first kappa shape index (κ1) is 6.96. The summed E-state index contributed by atoms with van der Waals surface area (Å²) in [5, 5.41) is 3.51. The van der Waals surface area contributed by atoms with Crippen LogP contribution in [-0.2, 0) is 4.74 Å². The fraction of sp³-hybridized carbons (Fsp3) is 0.800. The van der Waals surface area contributed by atoms with Gasteiger partial charge < -0.3 is 10.1 Å². The van der Waals surface area contributed by atoms with Crippen LogP contribution in [0.4, 0.5) is 0 Å². The van der Waals surface area contributed by atoms with Crippen molar-refractivity contribution >= 4 is 0 Å². The van der Waals surface area contributed by atoms with Gasteiger partial charge in [-0.2, -0.15) is 0 Å². The highest BCUT2D eigenvalue weighted by atomic mass is 16.5. The fourth-order valence-corrected chi connectivity index (χ4v) is 2.76. The van der Waals surface area contributed by atoms with E-state index >= 15 is 0 Å². The van der Waals surface area contributed by atoms with E-state index in [2.05, 4.69) is 5.32 Å². The van der Waals surface area contributed by atoms with Crippen molar-refractivity contribution < 1.29 is 4.74 Å². The van der Waals surface area contributed by atoms with Crippen molar-refractivity contribution in [2.75, 3.05) is 6.61 Å². The van der Waals surface area contributed by atoms with Gasteiger partial charge in [0.05, 0.1) is 0 Å². The topological polar surface area (TPSA) is 21.3 Å². The van der Waals surface area contributed by atoms with E-state index in [0.717, 1.165) is 12.5 Å². The van der Waals surface area contributed by atoms with Crippen molar-refractivity contribution in [2.45, 2.75) is 38.3 Å². The summed E-state index contributed by atoms with van der Waals surface area (Å²) < 4.78 is 5.62. The second-order valence-electron chi connectivity index (χ2n) is 4.04. The van der Waals surface area contributed by atoms with Crippen LogP contribution in [0, 0.1) is 5.92 Å². The maximum absolute atomic E-state index is 5.62. The summed E-state index contributed by atoms with van der Waals surface area (Å²) >= 11 is 0. The van der Waals surface area contributed by atoms with Crippen LogP contribution in [0.25, 0.3) is 0 Å². The number of hydrogen-bond acceptors (Lipinski definition) is 2. The summed E-state index contributed by atoms with van der Waals surface area (Å²) in [7, 11) is 0. The van der Waals surface area contributed by atoms with Gasteiger partial charge in [-0.25, -0.2) is 0 Å². The molecule has 0 aromatic rings. The summed E-state index contributed by atoms with van der Waals surface area (Å²) in [6.07, 6.45) is 6.96. The molecule has 2 heterocycles. The number of fused-ring (bicyclic) bond motifs is 2. The Morgan fingerprint density at radius 3 is 3.17 bits per heavy atom. The van der Waals surface area contributed by atoms with Crippen molar-refractivity contribution in [3.63, 3.8) is 0 Å². The van der Waals surface area contributed by atoms with Gasteiger partial charge in [0.2, 0.25) is 0 Å². The van der Waals surface area contributed by atoms with Gasteiger partial charge in [-0.1, -0.05) is 0 Å². The molecule has 1 saturated heterocycles. The molecule has 66 valence electrons. The van der Waals surface area contributed by atoms with Crippen molar-refractivity contribution in [3.8, 4) is 0 Å². The molecule has 0 aromatic carbocycles. The van der Waals surface area contributed by atoms with Crippen molar-refractivity contribution in [2.24, 2.45) is 5.92 Å². The number of nitrogens with one attached hydrogen (secondary N) is 1. The molecule has 2 heteroatoms. The third kappa shape index (κ3) is 0.845. The van der Waals surface area contributed by atoms with Gasteiger partial charge in [0, 0.05) is 18.2 Å². The first-order chi connectivity index (χ1) is 5.95. The molecule has 0 bridgehead atoms. The lowest BCUT2D eigenvalue weighted by molar-refractivity contribution is 0.0862. The smallest absolute Gasteiger partial charge is 0.134 e. The highest BCUT2D eigenvalue weighted by Gasteiger charge is 2.38. The monoisotopic (exact) mass is 165 g/mol. The van der Waals surface area contributed by atoms with Gasteiger partial charge in [0.1, 0.15) is 6.23 Å². The van der Waals surface area contributed by atoms with Crippen LogP contribution < -0.4 is 5.32 Å². The molecular weight excluding hydrogens is 150 g/mol. The molecule has 2 unspecified atom stereocenters. The Labute approximate surface area is 73.0 Å². The van der Waals surface area contributed by atoms with Gasteiger partial charge >= 0.3 is 0 Å². The molecule has 3 aliphatic rings. The molecular formula is C10H15NO. The van der Waals surface area contributed by atoms with Gasteiger partial charge in [0.25, 0.3) is 0 Å². The summed E-state index contributed by atoms with van der Waals surface area (Å²) in [6.45, 7) is 0.957. The molecule has 2 atom stereocenters. The Morgan fingerprint density at radius 2 is 2.17 bits per heavy atom. The van der Waals surface area contributed by atoms with Gasteiger partial charge in [-0.15, -0.1) is 0 Å². The van der Waals surface area contributed by atoms with E-state index in [1.807, 2.05) is 0 Å². The minimum Gasteiger partial charge on any atom is -0.363 e. The van der Waals surface area contributed by atoms with E-state index in [-0.39, 0.29) is 0 Å². The Morgan fingerprint density at radius 1 is 1.25 bits per heavy atom. The minimum atomic E-state index is 0.355. The molecule has 0 amide bonds. The average molecular weight is 165 g/mol. The molecule has 0 spiro atoms. The fourth-order valence-electron chi connectivity index (χ4n) is 2.76. The zero-order chi connectivity index (χ0) is 7.97. The van der Waals surface area contributed by atoms with Crippen LogP contribution >= 0.6 is 0 Å². The van der Waals surface area contributed by atoms with E-state index < -0.39 is 0 Å². The van der Waals surface area contributed by atoms with Crippen molar-refractivity contribution in [3.05, 3.63) is 11.3 Å². The van der Waals surface area contributed by atoms with E-state index in [0.29, 0.717) is 6.23 Å². The molecule has 2 aliphatic heterocycles. The van der Waals surface area contributed by atoms with Crippen LogP contribution in [0.5, 0.6) is 0 Å². The van der Waals surface area contributed by atoms with Gasteiger partial charge in [0.15, 0.2) is 0 Å². The molecule has 12 heavy (non-hydrogen) atoms. The molecule has 2 nitrogen and oxygen atoms in total. The number of ether oxygens (including phenoxy) is 1. The van der Waals surface area contributed by atoms with E-state index in [4.69, 9.17) is 4.74 Å². The second kappa shape index (κ2) is 2.49. The Bertz CT molecular complexity index is 234. The molecule has 0 radical (unpaired) electrons. The molecule has 0 saturated carbocycles. The maximum Gasteiger partial charge on any atom is 0.134 e. The first-order valence-corrected chi connectivity index (χ1v) is 5.05. The normalized spacial score (nSPS) is 39.3. The summed E-state index contributed by atoms with van der Waals surface area (Å²) in [5.41, 5.74) is 3.22. The lowest BCUT2D eigenvalue weighted by Crippen LogP contribution is -2.25. The predicted molar refractivity (Wildman–Crippen MR) is 46.5 cm³/mol. The molecule has 1 N–H and O–H groups in total. The predicted octanol–water partition coefficient (Wildman–Crippen LogP) is 1.78. The Kier molecular flexibility index (Phi) is 1.44. The number of hydrogen-bond donors (Lipinski definition) is 1. The van der Waals surface area contributed by atoms with Crippen molar-refractivity contribution in [1.29, 1.82) is 0 Å². The summed E-state index contributed by atoms with van der Waals surface area (Å²) in [6, 6.07) is 0. The van der Waals surface area contributed by atoms with E-state index in [1.54, 1.807) is 5.57 Å². The van der Waals surface area contributed by atoms with Crippen molar-refractivity contribution in [1.82, 2.24) is 5.32 Å². The van der Waals surface area contributed by atoms with Crippen LogP contribution in [0.2, 0.25) is 0 Å². The Hall–Kier alpha value is -0.500. The van der Waals surface area contributed by atoms with Gasteiger partial charge in [-0.3, -0.25) is 0 Å². The van der Waals surface area contributed by atoms with Crippen LogP contribution in [0.15, 0.2) is 11.3 Å². The molecule has 3 rings (SSSR count).